The highest BCUT2D eigenvalue weighted by Gasteiger charge is 2.16. The van der Waals surface area contributed by atoms with Gasteiger partial charge in [-0.3, -0.25) is 19.7 Å². The zero-order valence-electron chi connectivity index (χ0n) is 12.7. The molecule has 1 rings (SSSR count). The Morgan fingerprint density at radius 2 is 2.05 bits per heavy atom. The molecule has 2 amide bonds. The molecule has 21 heavy (non-hydrogen) atoms. The van der Waals surface area contributed by atoms with Crippen LogP contribution >= 0.6 is 0 Å². The largest absolute Gasteiger partial charge is 0.374 e. The summed E-state index contributed by atoms with van der Waals surface area (Å²) in [6.45, 7) is 7.99. The van der Waals surface area contributed by atoms with Crippen molar-refractivity contribution in [1.82, 2.24) is 10.5 Å². The number of hydrogen-bond acceptors (Lipinski definition) is 5. The number of hydrogen-bond donors (Lipinski definition) is 2. The van der Waals surface area contributed by atoms with E-state index in [9.17, 15) is 9.59 Å². The van der Waals surface area contributed by atoms with Crippen LogP contribution in [0.5, 0.6) is 0 Å². The third kappa shape index (κ3) is 5.49. The van der Waals surface area contributed by atoms with Crippen LogP contribution in [0.1, 0.15) is 38.1 Å². The summed E-state index contributed by atoms with van der Waals surface area (Å²) in [4.78, 5) is 28.4. The van der Waals surface area contributed by atoms with Crippen LogP contribution < -0.4 is 10.4 Å². The number of rotatable bonds is 5. The number of nitrogens with one attached hydrogen (secondary N) is 1. The molecule has 0 saturated carbocycles. The van der Waals surface area contributed by atoms with Gasteiger partial charge in [0.25, 0.3) is 5.91 Å². The van der Waals surface area contributed by atoms with E-state index in [1.807, 2.05) is 20.8 Å². The molecule has 0 fully saturated rings. The minimum Gasteiger partial charge on any atom is -0.374 e. The van der Waals surface area contributed by atoms with E-state index >= 15 is 0 Å². The highest BCUT2D eigenvalue weighted by atomic mass is 16.5. The molecule has 7 nitrogen and oxygen atoms in total. The Labute approximate surface area is 123 Å². The second-order valence-electron chi connectivity index (χ2n) is 5.48. The highest BCUT2D eigenvalue weighted by Crippen LogP contribution is 2.13. The van der Waals surface area contributed by atoms with Crippen LogP contribution in [0, 0.1) is 0 Å². The third-order valence-electron chi connectivity index (χ3n) is 2.62. The number of hydroxylamine groups is 1. The van der Waals surface area contributed by atoms with Crippen LogP contribution in [0.25, 0.3) is 0 Å². The quantitative estimate of drug-likeness (QED) is 0.632. The predicted molar refractivity (Wildman–Crippen MR) is 77.2 cm³/mol. The van der Waals surface area contributed by atoms with E-state index in [0.29, 0.717) is 19.0 Å². The van der Waals surface area contributed by atoms with Crippen molar-refractivity contribution in [2.45, 2.75) is 33.3 Å². The SMILES string of the molecule is CC(=O)N(CCOC(C)(C)C)c1ccc(C(=O)NO)cn1. The Hall–Kier alpha value is -1.99. The van der Waals surface area contributed by atoms with E-state index in [1.54, 1.807) is 6.07 Å². The minimum atomic E-state index is -0.653. The van der Waals surface area contributed by atoms with Crippen molar-refractivity contribution in [2.24, 2.45) is 0 Å². The first-order valence-corrected chi connectivity index (χ1v) is 6.57. The normalized spacial score (nSPS) is 11.1. The highest BCUT2D eigenvalue weighted by molar-refractivity contribution is 5.94. The van der Waals surface area contributed by atoms with E-state index in [-0.39, 0.29) is 17.1 Å². The van der Waals surface area contributed by atoms with Crippen molar-refractivity contribution in [1.29, 1.82) is 0 Å². The van der Waals surface area contributed by atoms with Crippen LogP contribution in [0.15, 0.2) is 18.3 Å². The molecule has 0 spiro atoms. The fourth-order valence-corrected chi connectivity index (χ4v) is 1.62. The van der Waals surface area contributed by atoms with E-state index in [2.05, 4.69) is 4.98 Å². The molecule has 0 aromatic carbocycles. The Morgan fingerprint density at radius 1 is 1.38 bits per heavy atom. The number of pyridine rings is 1. The molecule has 0 aliphatic heterocycles. The summed E-state index contributed by atoms with van der Waals surface area (Å²) in [6, 6.07) is 3.03. The Balaban J connectivity index is 2.77. The maximum Gasteiger partial charge on any atom is 0.276 e. The molecule has 0 radical (unpaired) electrons. The zero-order chi connectivity index (χ0) is 16.0. The maximum absolute atomic E-state index is 11.7. The fourth-order valence-electron chi connectivity index (χ4n) is 1.62. The summed E-state index contributed by atoms with van der Waals surface area (Å²) in [6.07, 6.45) is 1.29. The summed E-state index contributed by atoms with van der Waals surface area (Å²) in [7, 11) is 0. The number of carbonyl (C=O) groups excluding carboxylic acids is 2. The molecule has 116 valence electrons. The molecule has 0 atom stereocenters. The van der Waals surface area contributed by atoms with E-state index in [0.717, 1.165) is 0 Å². The molecule has 7 heteroatoms. The van der Waals surface area contributed by atoms with Crippen molar-refractivity contribution >= 4 is 17.6 Å². The van der Waals surface area contributed by atoms with Crippen LogP contribution in [-0.2, 0) is 9.53 Å². The van der Waals surface area contributed by atoms with Gasteiger partial charge in [-0.2, -0.15) is 0 Å². The summed E-state index contributed by atoms with van der Waals surface area (Å²) in [5.74, 6) is -0.395. The van der Waals surface area contributed by atoms with Crippen LogP contribution in [0.2, 0.25) is 0 Å². The Kier molecular flexibility index (Phi) is 5.80. The first-order chi connectivity index (χ1) is 9.74. The van der Waals surface area contributed by atoms with Crippen LogP contribution in [0.3, 0.4) is 0 Å². The predicted octanol–water partition coefficient (Wildman–Crippen LogP) is 1.37. The molecule has 1 heterocycles. The Morgan fingerprint density at radius 3 is 2.48 bits per heavy atom. The molecule has 2 N–H and O–H groups in total. The average Bonchev–Trinajstić information content (AvgIpc) is 2.41. The number of anilines is 1. The molecule has 0 aliphatic carbocycles. The van der Waals surface area contributed by atoms with Gasteiger partial charge >= 0.3 is 0 Å². The number of carbonyl (C=O) groups is 2. The summed E-state index contributed by atoms with van der Waals surface area (Å²) >= 11 is 0. The van der Waals surface area contributed by atoms with Gasteiger partial charge in [-0.05, 0) is 32.9 Å². The molecule has 0 saturated heterocycles. The van der Waals surface area contributed by atoms with E-state index < -0.39 is 5.91 Å². The first-order valence-electron chi connectivity index (χ1n) is 6.57. The first kappa shape index (κ1) is 17.1. The topological polar surface area (TPSA) is 91.8 Å². The fraction of sp³-hybridized carbons (Fsp3) is 0.500. The smallest absolute Gasteiger partial charge is 0.276 e. The minimum absolute atomic E-state index is 0.167. The summed E-state index contributed by atoms with van der Waals surface area (Å²) in [5, 5.41) is 8.54. The van der Waals surface area contributed by atoms with Gasteiger partial charge in [0.2, 0.25) is 5.91 Å². The van der Waals surface area contributed by atoms with Gasteiger partial charge in [0.15, 0.2) is 0 Å². The van der Waals surface area contributed by atoms with Crippen molar-refractivity contribution in [3.8, 4) is 0 Å². The van der Waals surface area contributed by atoms with Gasteiger partial charge in [0, 0.05) is 13.1 Å². The monoisotopic (exact) mass is 295 g/mol. The maximum atomic E-state index is 11.7. The molecular formula is C14H21N3O4. The van der Waals surface area contributed by atoms with Crippen molar-refractivity contribution in [3.63, 3.8) is 0 Å². The lowest BCUT2D eigenvalue weighted by Gasteiger charge is -2.24. The molecule has 1 aromatic heterocycles. The molecular weight excluding hydrogens is 274 g/mol. The number of aromatic nitrogens is 1. The Bertz CT molecular complexity index is 494. The van der Waals surface area contributed by atoms with Crippen molar-refractivity contribution < 1.29 is 19.5 Å². The standard InChI is InChI=1S/C14H21N3O4/c1-10(18)17(7-8-21-14(2,3)4)12-6-5-11(9-15-12)13(19)16-20/h5-6,9,20H,7-8H2,1-4H3,(H,16,19). The van der Waals surface area contributed by atoms with Gasteiger partial charge in [0.05, 0.1) is 24.3 Å². The molecule has 0 bridgehead atoms. The van der Waals surface area contributed by atoms with E-state index in [1.165, 1.54) is 29.6 Å². The van der Waals surface area contributed by atoms with Crippen LogP contribution in [0.4, 0.5) is 5.82 Å². The van der Waals surface area contributed by atoms with Gasteiger partial charge in [0.1, 0.15) is 5.82 Å². The molecule has 0 aliphatic rings. The molecule has 1 aromatic rings. The van der Waals surface area contributed by atoms with Gasteiger partial charge in [-0.15, -0.1) is 0 Å². The van der Waals surface area contributed by atoms with E-state index in [4.69, 9.17) is 9.94 Å². The second kappa shape index (κ2) is 7.14. The second-order valence-corrected chi connectivity index (χ2v) is 5.48. The zero-order valence-corrected chi connectivity index (χ0v) is 12.7. The van der Waals surface area contributed by atoms with Crippen LogP contribution in [-0.4, -0.2) is 40.8 Å². The number of amides is 2. The van der Waals surface area contributed by atoms with Crippen molar-refractivity contribution in [2.75, 3.05) is 18.1 Å². The lowest BCUT2D eigenvalue weighted by Crippen LogP contribution is -2.34. The lowest BCUT2D eigenvalue weighted by atomic mass is 10.2. The van der Waals surface area contributed by atoms with Gasteiger partial charge in [-0.25, -0.2) is 10.5 Å². The summed E-state index contributed by atoms with van der Waals surface area (Å²) < 4.78 is 5.59. The summed E-state index contributed by atoms with van der Waals surface area (Å²) in [5.41, 5.74) is 1.45. The van der Waals surface area contributed by atoms with Gasteiger partial charge in [-0.1, -0.05) is 0 Å². The van der Waals surface area contributed by atoms with Crippen molar-refractivity contribution in [3.05, 3.63) is 23.9 Å². The third-order valence-corrected chi connectivity index (χ3v) is 2.62. The number of ether oxygens (including phenoxy) is 1. The number of nitrogens with zero attached hydrogens (tertiary/aromatic N) is 2. The average molecular weight is 295 g/mol. The lowest BCUT2D eigenvalue weighted by molar-refractivity contribution is -0.117. The van der Waals surface area contributed by atoms with Gasteiger partial charge < -0.3 is 4.74 Å². The molecule has 0 unspecified atom stereocenters.